The highest BCUT2D eigenvalue weighted by Gasteiger charge is 2.22. The van der Waals surface area contributed by atoms with E-state index in [0.717, 1.165) is 6.42 Å². The zero-order valence-corrected chi connectivity index (χ0v) is 24.6. The number of rotatable bonds is 18. The summed E-state index contributed by atoms with van der Waals surface area (Å²) in [5, 5.41) is 12.7. The van der Waals surface area contributed by atoms with Gasteiger partial charge in [0, 0.05) is 25.8 Å². The van der Waals surface area contributed by atoms with Gasteiger partial charge in [0.25, 0.3) is 0 Å². The molecule has 0 bridgehead atoms. The number of hydrogen-bond donors (Lipinski definition) is 2. The van der Waals surface area contributed by atoms with Gasteiger partial charge in [0.1, 0.15) is 12.1 Å². The lowest BCUT2D eigenvalue weighted by atomic mass is 10.0. The highest BCUT2D eigenvalue weighted by atomic mass is 16.6. The van der Waals surface area contributed by atoms with Gasteiger partial charge in [-0.15, -0.1) is 0 Å². The Bertz CT molecular complexity index is 943. The molecule has 0 spiro atoms. The molecule has 0 aromatic heterocycles. The van der Waals surface area contributed by atoms with Crippen LogP contribution in [0.1, 0.15) is 92.6 Å². The van der Waals surface area contributed by atoms with E-state index in [4.69, 9.17) is 14.2 Å². The molecular weight excluding hydrogens is 502 g/mol. The molecule has 1 aromatic rings. The SMILES string of the molecule is CCC(C)CC(=O)OC(C)CN[C@@H](Cc1ccc(OC(=O)CCC(C)C)c(OC(=O)CCC(C)C)c1)C(=O)O. The van der Waals surface area contributed by atoms with Crippen LogP contribution in [0.3, 0.4) is 0 Å². The molecule has 0 radical (unpaired) electrons. The van der Waals surface area contributed by atoms with E-state index in [0.29, 0.717) is 36.7 Å². The molecule has 3 atom stereocenters. The fourth-order valence-electron chi connectivity index (χ4n) is 3.54. The molecule has 0 heterocycles. The third-order valence-corrected chi connectivity index (χ3v) is 6.24. The molecule has 9 heteroatoms. The van der Waals surface area contributed by atoms with Crippen molar-refractivity contribution in [3.8, 4) is 11.5 Å². The van der Waals surface area contributed by atoms with Gasteiger partial charge >= 0.3 is 23.9 Å². The molecule has 2 N–H and O–H groups in total. The van der Waals surface area contributed by atoms with E-state index in [1.54, 1.807) is 13.0 Å². The zero-order chi connectivity index (χ0) is 29.5. The molecule has 0 amide bonds. The quantitative estimate of drug-likeness (QED) is 0.185. The summed E-state index contributed by atoms with van der Waals surface area (Å²) in [6.07, 6.45) is 2.49. The van der Waals surface area contributed by atoms with Crippen LogP contribution in [0.2, 0.25) is 0 Å². The molecule has 220 valence electrons. The summed E-state index contributed by atoms with van der Waals surface area (Å²) in [7, 11) is 0. The summed E-state index contributed by atoms with van der Waals surface area (Å²) in [4.78, 5) is 48.8. The molecule has 0 saturated heterocycles. The summed E-state index contributed by atoms with van der Waals surface area (Å²) < 4.78 is 16.4. The Kier molecular flexibility index (Phi) is 15.4. The number of benzene rings is 1. The van der Waals surface area contributed by atoms with Crippen molar-refractivity contribution >= 4 is 23.9 Å². The van der Waals surface area contributed by atoms with Crippen LogP contribution in [-0.2, 0) is 30.3 Å². The van der Waals surface area contributed by atoms with Gasteiger partial charge < -0.3 is 24.6 Å². The fourth-order valence-corrected chi connectivity index (χ4v) is 3.54. The van der Waals surface area contributed by atoms with E-state index in [2.05, 4.69) is 5.32 Å². The van der Waals surface area contributed by atoms with Crippen molar-refractivity contribution in [2.24, 2.45) is 17.8 Å². The maximum Gasteiger partial charge on any atom is 0.321 e. The van der Waals surface area contributed by atoms with E-state index in [9.17, 15) is 24.3 Å². The summed E-state index contributed by atoms with van der Waals surface area (Å²) in [6.45, 7) is 13.9. The standard InChI is InChI=1S/C30H47NO8/c1-8-21(6)15-29(34)37-22(7)18-31-24(30(35)36)16-23-11-12-25(38-27(32)13-9-19(2)3)26(17-23)39-28(33)14-10-20(4)5/h11-12,17,19-22,24,31H,8-10,13-16,18H2,1-7H3,(H,35,36)/t21?,22?,24-/m0/s1. The molecule has 0 aliphatic rings. The van der Waals surface area contributed by atoms with Crippen molar-refractivity contribution in [1.29, 1.82) is 0 Å². The Morgan fingerprint density at radius 3 is 1.92 bits per heavy atom. The second-order valence-corrected chi connectivity index (χ2v) is 11.1. The molecule has 9 nitrogen and oxygen atoms in total. The lowest BCUT2D eigenvalue weighted by molar-refractivity contribution is -0.149. The third kappa shape index (κ3) is 14.7. The smallest absolute Gasteiger partial charge is 0.321 e. The first-order valence-electron chi connectivity index (χ1n) is 14.0. The maximum atomic E-state index is 12.5. The number of aliphatic carboxylic acids is 1. The number of carboxylic acids is 1. The normalized spacial score (nSPS) is 13.6. The van der Waals surface area contributed by atoms with Crippen molar-refractivity contribution in [1.82, 2.24) is 5.32 Å². The number of ether oxygens (including phenoxy) is 3. The zero-order valence-electron chi connectivity index (χ0n) is 24.6. The van der Waals surface area contributed by atoms with Gasteiger partial charge in [-0.05, 0) is 61.6 Å². The Morgan fingerprint density at radius 2 is 1.41 bits per heavy atom. The topological polar surface area (TPSA) is 128 Å². The Morgan fingerprint density at radius 1 is 0.846 bits per heavy atom. The minimum Gasteiger partial charge on any atom is -0.480 e. The van der Waals surface area contributed by atoms with Crippen LogP contribution >= 0.6 is 0 Å². The van der Waals surface area contributed by atoms with E-state index in [1.807, 2.05) is 41.5 Å². The first-order valence-corrected chi connectivity index (χ1v) is 14.0. The molecule has 0 aliphatic carbocycles. The number of nitrogens with one attached hydrogen (secondary N) is 1. The van der Waals surface area contributed by atoms with E-state index < -0.39 is 30.1 Å². The molecular formula is C30H47NO8. The second-order valence-electron chi connectivity index (χ2n) is 11.1. The maximum absolute atomic E-state index is 12.5. The molecule has 0 aliphatic heterocycles. The molecule has 0 saturated carbocycles. The van der Waals surface area contributed by atoms with E-state index in [-0.39, 0.29) is 49.2 Å². The summed E-state index contributed by atoms with van der Waals surface area (Å²) in [6, 6.07) is 3.71. The number of carboxylic acid groups (broad SMARTS) is 1. The average Bonchev–Trinajstić information content (AvgIpc) is 2.85. The van der Waals surface area contributed by atoms with Crippen LogP contribution in [0, 0.1) is 17.8 Å². The number of carbonyl (C=O) groups is 4. The van der Waals surface area contributed by atoms with Crippen LogP contribution in [-0.4, -0.2) is 47.7 Å². The van der Waals surface area contributed by atoms with Gasteiger partial charge in [0.2, 0.25) is 0 Å². The number of esters is 3. The van der Waals surface area contributed by atoms with Crippen molar-refractivity contribution in [2.45, 2.75) is 106 Å². The Labute approximate surface area is 233 Å². The van der Waals surface area contributed by atoms with E-state index in [1.165, 1.54) is 12.1 Å². The number of carbonyl (C=O) groups excluding carboxylic acids is 3. The van der Waals surface area contributed by atoms with Crippen LogP contribution in [0.15, 0.2) is 18.2 Å². The summed E-state index contributed by atoms with van der Waals surface area (Å²) >= 11 is 0. The highest BCUT2D eigenvalue weighted by molar-refractivity contribution is 5.77. The molecule has 1 aromatic carbocycles. The molecule has 2 unspecified atom stereocenters. The second kappa shape index (κ2) is 17.6. The highest BCUT2D eigenvalue weighted by Crippen LogP contribution is 2.30. The Hall–Kier alpha value is -2.94. The minimum atomic E-state index is -1.08. The van der Waals surface area contributed by atoms with Gasteiger partial charge in [-0.1, -0.05) is 54.0 Å². The minimum absolute atomic E-state index is 0.0704. The van der Waals surface area contributed by atoms with Crippen LogP contribution < -0.4 is 14.8 Å². The van der Waals surface area contributed by atoms with Gasteiger partial charge in [-0.25, -0.2) is 0 Å². The number of hydrogen-bond acceptors (Lipinski definition) is 8. The lowest BCUT2D eigenvalue weighted by Crippen LogP contribution is -2.42. The summed E-state index contributed by atoms with van der Waals surface area (Å²) in [5.41, 5.74) is 0.574. The first-order chi connectivity index (χ1) is 18.3. The average molecular weight is 550 g/mol. The van der Waals surface area contributed by atoms with Gasteiger partial charge in [-0.2, -0.15) is 0 Å². The van der Waals surface area contributed by atoms with Gasteiger partial charge in [-0.3, -0.25) is 19.2 Å². The fraction of sp³-hybridized carbons (Fsp3) is 0.667. The van der Waals surface area contributed by atoms with Crippen molar-refractivity contribution in [3.05, 3.63) is 23.8 Å². The molecule has 39 heavy (non-hydrogen) atoms. The van der Waals surface area contributed by atoms with Crippen LogP contribution in [0.25, 0.3) is 0 Å². The monoisotopic (exact) mass is 549 g/mol. The Balaban J connectivity index is 2.96. The van der Waals surface area contributed by atoms with E-state index >= 15 is 0 Å². The van der Waals surface area contributed by atoms with Crippen LogP contribution in [0.5, 0.6) is 11.5 Å². The van der Waals surface area contributed by atoms with Crippen molar-refractivity contribution in [3.63, 3.8) is 0 Å². The van der Waals surface area contributed by atoms with Crippen LogP contribution in [0.4, 0.5) is 0 Å². The largest absolute Gasteiger partial charge is 0.480 e. The van der Waals surface area contributed by atoms with Gasteiger partial charge in [0.05, 0.1) is 0 Å². The predicted molar refractivity (Wildman–Crippen MR) is 149 cm³/mol. The predicted octanol–water partition coefficient (Wildman–Crippen LogP) is 5.32. The van der Waals surface area contributed by atoms with Crippen molar-refractivity contribution < 1.29 is 38.5 Å². The summed E-state index contributed by atoms with van der Waals surface area (Å²) in [5.74, 6) is -1.21. The molecule has 1 rings (SSSR count). The molecule has 0 fully saturated rings. The van der Waals surface area contributed by atoms with Gasteiger partial charge in [0.15, 0.2) is 11.5 Å². The first kappa shape index (κ1) is 34.1. The third-order valence-electron chi connectivity index (χ3n) is 6.24. The lowest BCUT2D eigenvalue weighted by Gasteiger charge is -2.20. The van der Waals surface area contributed by atoms with Crippen molar-refractivity contribution in [2.75, 3.05) is 6.54 Å².